The number of halogens is 3. The molecule has 3 atom stereocenters. The van der Waals surface area contributed by atoms with Crippen LogP contribution in [0.25, 0.3) is 32.9 Å². The molecule has 3 saturated heterocycles. The average Bonchev–Trinajstić information content (AvgIpc) is 3.53. The number of hydrogen-bond donors (Lipinski definition) is 2. The lowest BCUT2D eigenvalue weighted by atomic mass is 9.95. The van der Waals surface area contributed by atoms with E-state index in [9.17, 15) is 19.0 Å². The lowest BCUT2D eigenvalue weighted by molar-refractivity contribution is 0.107. The Bertz CT molecular complexity index is 1850. The van der Waals surface area contributed by atoms with Gasteiger partial charge in [0, 0.05) is 37.0 Å². The Morgan fingerprint density at radius 1 is 1.11 bits per heavy atom. The molecule has 0 saturated carbocycles. The predicted octanol–water partition coefficient (Wildman–Crippen LogP) is 5.03. The van der Waals surface area contributed by atoms with E-state index in [1.54, 1.807) is 6.92 Å². The van der Waals surface area contributed by atoms with E-state index in [-0.39, 0.29) is 52.6 Å². The summed E-state index contributed by atoms with van der Waals surface area (Å²) in [7, 11) is 0. The minimum Gasteiger partial charge on any atom is -0.508 e. The zero-order valence-corrected chi connectivity index (χ0v) is 24.3. The van der Waals surface area contributed by atoms with E-state index in [1.165, 1.54) is 24.3 Å². The summed E-state index contributed by atoms with van der Waals surface area (Å²) in [5.41, 5.74) is -0.263. The van der Waals surface area contributed by atoms with Gasteiger partial charge in [0.25, 0.3) is 0 Å². The van der Waals surface area contributed by atoms with Crippen molar-refractivity contribution >= 4 is 27.5 Å². The van der Waals surface area contributed by atoms with Gasteiger partial charge < -0.3 is 19.8 Å². The number of aryl methyl sites for hydroxylation is 1. The maximum atomic E-state index is 16.8. The van der Waals surface area contributed by atoms with Crippen molar-refractivity contribution in [2.45, 2.75) is 56.8 Å². The van der Waals surface area contributed by atoms with Crippen LogP contribution in [0.3, 0.4) is 0 Å². The SMILES string of the molecule is C#Cc1c(F)ccc2cc(O)cc(-c3nc(C)c4c(N5CCC[C@@H](O)C5)nc(OC[C@@]56CCCN5C[C@H](F)C6)nc4c3F)c12. The molecule has 228 valence electrons. The van der Waals surface area contributed by atoms with Crippen LogP contribution in [-0.4, -0.2) is 80.7 Å². The number of aromatic nitrogens is 3. The molecule has 3 aliphatic heterocycles. The number of benzene rings is 2. The number of pyridine rings is 1. The van der Waals surface area contributed by atoms with Crippen molar-refractivity contribution in [3.63, 3.8) is 0 Å². The molecule has 11 heteroatoms. The van der Waals surface area contributed by atoms with Crippen molar-refractivity contribution in [1.82, 2.24) is 19.9 Å². The van der Waals surface area contributed by atoms with Gasteiger partial charge in [-0.1, -0.05) is 12.0 Å². The van der Waals surface area contributed by atoms with E-state index >= 15 is 4.39 Å². The molecule has 8 nitrogen and oxygen atoms in total. The third kappa shape index (κ3) is 4.68. The highest BCUT2D eigenvalue weighted by Gasteiger charge is 2.49. The van der Waals surface area contributed by atoms with Gasteiger partial charge in [0.1, 0.15) is 41.4 Å². The zero-order chi connectivity index (χ0) is 30.7. The first-order chi connectivity index (χ1) is 21.2. The summed E-state index contributed by atoms with van der Waals surface area (Å²) in [6.07, 6.45) is 7.56. The fourth-order valence-electron chi connectivity index (χ4n) is 7.33. The van der Waals surface area contributed by atoms with Gasteiger partial charge in [-0.3, -0.25) is 4.90 Å². The fraction of sp³-hybridized carbons (Fsp3) is 0.424. The number of phenolic OH excluding ortho intramolecular Hbond substituents is 1. The lowest BCUT2D eigenvalue weighted by Gasteiger charge is -2.33. The molecule has 0 bridgehead atoms. The van der Waals surface area contributed by atoms with Crippen molar-refractivity contribution in [2.24, 2.45) is 0 Å². The van der Waals surface area contributed by atoms with Gasteiger partial charge in [-0.2, -0.15) is 9.97 Å². The highest BCUT2D eigenvalue weighted by molar-refractivity contribution is 6.03. The highest BCUT2D eigenvalue weighted by atomic mass is 19.1. The number of alkyl halides is 1. The van der Waals surface area contributed by atoms with Gasteiger partial charge in [-0.15, -0.1) is 6.42 Å². The number of piperidine rings is 1. The predicted molar refractivity (Wildman–Crippen MR) is 161 cm³/mol. The number of rotatable bonds is 5. The average molecular weight is 604 g/mol. The number of phenols is 1. The van der Waals surface area contributed by atoms with Crippen LogP contribution in [0.15, 0.2) is 24.3 Å². The van der Waals surface area contributed by atoms with E-state index in [0.29, 0.717) is 54.6 Å². The Kier molecular flexibility index (Phi) is 7.02. The minimum atomic E-state index is -0.939. The zero-order valence-electron chi connectivity index (χ0n) is 24.3. The maximum absolute atomic E-state index is 16.8. The molecule has 2 N–H and O–H groups in total. The monoisotopic (exact) mass is 603 g/mol. The molecular formula is C33H32F3N5O3. The van der Waals surface area contributed by atoms with Crippen LogP contribution in [0, 0.1) is 30.9 Å². The summed E-state index contributed by atoms with van der Waals surface area (Å²) in [6.45, 7) is 3.87. The summed E-state index contributed by atoms with van der Waals surface area (Å²) in [5, 5.41) is 22.0. The molecule has 0 unspecified atom stereocenters. The van der Waals surface area contributed by atoms with Crippen molar-refractivity contribution in [3.05, 3.63) is 47.2 Å². The van der Waals surface area contributed by atoms with Crippen LogP contribution in [0.5, 0.6) is 11.8 Å². The summed E-state index contributed by atoms with van der Waals surface area (Å²) in [4.78, 5) is 17.8. The number of β-amino-alcohol motifs (C(OH)–C–C–N with tert-alkyl or cyclic N) is 1. The van der Waals surface area contributed by atoms with Crippen molar-refractivity contribution < 1.29 is 28.1 Å². The largest absolute Gasteiger partial charge is 0.508 e. The normalized spacial score (nSPS) is 23.8. The molecule has 44 heavy (non-hydrogen) atoms. The third-order valence-electron chi connectivity index (χ3n) is 9.30. The number of aliphatic hydroxyl groups excluding tert-OH is 1. The maximum Gasteiger partial charge on any atom is 0.319 e. The van der Waals surface area contributed by atoms with Gasteiger partial charge in [-0.05, 0) is 62.7 Å². The number of anilines is 1. The summed E-state index contributed by atoms with van der Waals surface area (Å²) in [6, 6.07) is 5.33. The first-order valence-corrected chi connectivity index (χ1v) is 14.9. The van der Waals surface area contributed by atoms with Crippen LogP contribution < -0.4 is 9.64 Å². The van der Waals surface area contributed by atoms with Crippen LogP contribution in [0.1, 0.15) is 43.4 Å². The molecular weight excluding hydrogens is 571 g/mol. The number of ether oxygens (including phenoxy) is 1. The molecule has 0 aliphatic carbocycles. The van der Waals surface area contributed by atoms with E-state index in [1.807, 2.05) is 4.90 Å². The fourth-order valence-corrected chi connectivity index (χ4v) is 7.33. The molecule has 0 spiro atoms. The first-order valence-electron chi connectivity index (χ1n) is 14.9. The lowest BCUT2D eigenvalue weighted by Crippen LogP contribution is -2.43. The number of hydrogen-bond acceptors (Lipinski definition) is 8. The number of aromatic hydroxyl groups is 1. The second kappa shape index (κ2) is 10.8. The van der Waals surface area contributed by atoms with Gasteiger partial charge in [0.2, 0.25) is 0 Å². The first kappa shape index (κ1) is 28.6. The smallest absolute Gasteiger partial charge is 0.319 e. The van der Waals surface area contributed by atoms with Crippen LogP contribution in [0.2, 0.25) is 0 Å². The second-order valence-electron chi connectivity index (χ2n) is 12.2. The van der Waals surface area contributed by atoms with Crippen molar-refractivity contribution in [3.8, 4) is 35.4 Å². The Balaban J connectivity index is 1.41. The molecule has 4 aromatic rings. The van der Waals surface area contributed by atoms with Gasteiger partial charge in [0.15, 0.2) is 5.82 Å². The minimum absolute atomic E-state index is 0.0670. The summed E-state index contributed by atoms with van der Waals surface area (Å²) >= 11 is 0. The second-order valence-corrected chi connectivity index (χ2v) is 12.2. The van der Waals surface area contributed by atoms with E-state index in [4.69, 9.17) is 16.1 Å². The van der Waals surface area contributed by atoms with E-state index < -0.39 is 29.4 Å². The van der Waals surface area contributed by atoms with Gasteiger partial charge in [-0.25, -0.2) is 18.2 Å². The van der Waals surface area contributed by atoms with E-state index in [2.05, 4.69) is 20.8 Å². The molecule has 3 aliphatic rings. The standard InChI is InChI=1S/C33H32F3N5O3/c1-3-23-25(35)8-7-19-12-22(43)13-24(27(19)23)29-28(36)30-26(18(2)37-29)31(40-10-4-6-21(42)16-40)39-32(38-30)44-17-33-9-5-11-41(33)15-20(34)14-33/h1,7-8,12-13,20-21,42-43H,4-6,9-11,14-17H2,2H3/t20-,21-,33+/m1/s1. The topological polar surface area (TPSA) is 94.8 Å². The molecule has 3 fully saturated rings. The molecule has 0 amide bonds. The molecule has 7 rings (SSSR count). The quantitative estimate of drug-likeness (QED) is 0.307. The van der Waals surface area contributed by atoms with Crippen LogP contribution in [0.4, 0.5) is 19.0 Å². The van der Waals surface area contributed by atoms with Gasteiger partial charge in [0.05, 0.1) is 28.3 Å². The number of aliphatic hydroxyl groups is 1. The van der Waals surface area contributed by atoms with Crippen LogP contribution in [-0.2, 0) is 0 Å². The van der Waals surface area contributed by atoms with E-state index in [0.717, 1.165) is 19.4 Å². The molecule has 2 aromatic heterocycles. The summed E-state index contributed by atoms with van der Waals surface area (Å²) < 4.78 is 52.2. The number of nitrogens with zero attached hydrogens (tertiary/aromatic N) is 5. The Morgan fingerprint density at radius 3 is 2.75 bits per heavy atom. The van der Waals surface area contributed by atoms with Gasteiger partial charge >= 0.3 is 6.01 Å². The molecule has 5 heterocycles. The summed E-state index contributed by atoms with van der Waals surface area (Å²) in [5.74, 6) is 1.09. The Morgan fingerprint density at radius 2 is 1.95 bits per heavy atom. The third-order valence-corrected chi connectivity index (χ3v) is 9.30. The highest BCUT2D eigenvalue weighted by Crippen LogP contribution is 2.42. The van der Waals surface area contributed by atoms with Crippen LogP contribution >= 0.6 is 0 Å². The number of terminal acetylenes is 1. The Hall–Kier alpha value is -4.14. The van der Waals surface area contributed by atoms with Crippen molar-refractivity contribution in [2.75, 3.05) is 37.7 Å². The number of fused-ring (bicyclic) bond motifs is 3. The molecule has 0 radical (unpaired) electrons. The van der Waals surface area contributed by atoms with Crippen molar-refractivity contribution in [1.29, 1.82) is 0 Å². The Labute approximate surface area is 252 Å². The molecule has 2 aromatic carbocycles.